The molecule has 1 amide bonds. The fourth-order valence-corrected chi connectivity index (χ4v) is 4.74. The van der Waals surface area contributed by atoms with Crippen molar-refractivity contribution in [3.8, 4) is 17.1 Å². The average molecular weight is 486 g/mol. The zero-order chi connectivity index (χ0) is 24.6. The summed E-state index contributed by atoms with van der Waals surface area (Å²) >= 11 is 1.40. The molecule has 0 aliphatic rings. The van der Waals surface area contributed by atoms with Gasteiger partial charge in [0.05, 0.1) is 11.4 Å². The molecule has 1 unspecified atom stereocenters. The van der Waals surface area contributed by atoms with E-state index in [1.807, 2.05) is 54.0 Å². The Morgan fingerprint density at radius 3 is 2.49 bits per heavy atom. The van der Waals surface area contributed by atoms with Crippen LogP contribution in [0, 0.1) is 0 Å². The SMILES string of the molecule is CC(CCc1ccccc1)NC(=O)CSc1nnc(-c2cccnc2)n1-c1ccccc1C(C)C. The van der Waals surface area contributed by atoms with Gasteiger partial charge in [-0.05, 0) is 55.0 Å². The van der Waals surface area contributed by atoms with Gasteiger partial charge < -0.3 is 5.32 Å². The fraction of sp³-hybridized carbons (Fsp3) is 0.286. The normalized spacial score (nSPS) is 12.0. The van der Waals surface area contributed by atoms with E-state index < -0.39 is 0 Å². The Morgan fingerprint density at radius 1 is 0.971 bits per heavy atom. The minimum absolute atomic E-state index is 0.00909. The third-order valence-electron chi connectivity index (χ3n) is 5.80. The highest BCUT2D eigenvalue weighted by Gasteiger charge is 2.20. The van der Waals surface area contributed by atoms with Crippen molar-refractivity contribution in [1.82, 2.24) is 25.1 Å². The molecule has 0 fully saturated rings. The highest BCUT2D eigenvalue weighted by atomic mass is 32.2. The number of aromatic nitrogens is 4. The smallest absolute Gasteiger partial charge is 0.230 e. The van der Waals surface area contributed by atoms with Crippen LogP contribution in [0.2, 0.25) is 0 Å². The molecule has 4 rings (SSSR count). The van der Waals surface area contributed by atoms with Crippen LogP contribution < -0.4 is 5.32 Å². The van der Waals surface area contributed by atoms with Gasteiger partial charge in [-0.3, -0.25) is 14.3 Å². The quantitative estimate of drug-likeness (QED) is 0.293. The summed E-state index contributed by atoms with van der Waals surface area (Å²) in [6.07, 6.45) is 5.35. The molecule has 4 aromatic rings. The molecule has 35 heavy (non-hydrogen) atoms. The van der Waals surface area contributed by atoms with Crippen LogP contribution in [0.4, 0.5) is 0 Å². The summed E-state index contributed by atoms with van der Waals surface area (Å²) in [6, 6.07) is 22.6. The first-order valence-electron chi connectivity index (χ1n) is 11.9. The van der Waals surface area contributed by atoms with Gasteiger partial charge in [0.15, 0.2) is 11.0 Å². The van der Waals surface area contributed by atoms with E-state index in [2.05, 4.69) is 58.6 Å². The molecule has 1 N–H and O–H groups in total. The second-order valence-corrected chi connectivity index (χ2v) is 9.82. The van der Waals surface area contributed by atoms with Gasteiger partial charge in [0.25, 0.3) is 0 Å². The Hall–Kier alpha value is -3.45. The molecule has 2 aromatic carbocycles. The summed E-state index contributed by atoms with van der Waals surface area (Å²) in [4.78, 5) is 17.0. The fourth-order valence-electron chi connectivity index (χ4n) is 3.99. The van der Waals surface area contributed by atoms with E-state index in [1.165, 1.54) is 22.9 Å². The number of aryl methyl sites for hydroxylation is 1. The van der Waals surface area contributed by atoms with Crippen molar-refractivity contribution >= 4 is 17.7 Å². The first kappa shape index (κ1) is 24.7. The van der Waals surface area contributed by atoms with Crippen molar-refractivity contribution in [3.05, 3.63) is 90.3 Å². The summed E-state index contributed by atoms with van der Waals surface area (Å²) in [7, 11) is 0. The molecule has 7 heteroatoms. The molecule has 2 aromatic heterocycles. The van der Waals surface area contributed by atoms with E-state index in [0.717, 1.165) is 24.1 Å². The highest BCUT2D eigenvalue weighted by molar-refractivity contribution is 7.99. The Bertz CT molecular complexity index is 1240. The Kier molecular flexibility index (Phi) is 8.32. The number of benzene rings is 2. The van der Waals surface area contributed by atoms with Crippen molar-refractivity contribution in [3.63, 3.8) is 0 Å². The van der Waals surface area contributed by atoms with Gasteiger partial charge in [-0.25, -0.2) is 0 Å². The number of hydrogen-bond donors (Lipinski definition) is 1. The van der Waals surface area contributed by atoms with Crippen LogP contribution in [0.3, 0.4) is 0 Å². The second kappa shape index (κ2) is 11.8. The number of rotatable bonds is 10. The van der Waals surface area contributed by atoms with Crippen LogP contribution in [0.1, 0.15) is 44.2 Å². The van der Waals surface area contributed by atoms with Crippen molar-refractivity contribution in [1.29, 1.82) is 0 Å². The molecule has 2 heterocycles. The molecule has 1 atom stereocenters. The Labute approximate surface area is 211 Å². The van der Waals surface area contributed by atoms with Crippen molar-refractivity contribution in [2.24, 2.45) is 0 Å². The lowest BCUT2D eigenvalue weighted by Gasteiger charge is -2.17. The van der Waals surface area contributed by atoms with Crippen molar-refractivity contribution in [2.45, 2.75) is 50.7 Å². The predicted molar refractivity (Wildman–Crippen MR) is 142 cm³/mol. The second-order valence-electron chi connectivity index (χ2n) is 8.88. The minimum Gasteiger partial charge on any atom is -0.353 e. The van der Waals surface area contributed by atoms with Crippen LogP contribution in [-0.4, -0.2) is 37.5 Å². The summed E-state index contributed by atoms with van der Waals surface area (Å²) in [5, 5.41) is 12.8. The molecular formula is C28H31N5OS. The lowest BCUT2D eigenvalue weighted by molar-refractivity contribution is -0.119. The molecule has 6 nitrogen and oxygen atoms in total. The van der Waals surface area contributed by atoms with E-state index in [1.54, 1.807) is 12.4 Å². The Morgan fingerprint density at radius 2 is 1.74 bits per heavy atom. The molecule has 0 aliphatic heterocycles. The van der Waals surface area contributed by atoms with Gasteiger partial charge in [0.1, 0.15) is 0 Å². The van der Waals surface area contributed by atoms with Crippen LogP contribution in [0.5, 0.6) is 0 Å². The number of thioether (sulfide) groups is 1. The van der Waals surface area contributed by atoms with Crippen LogP contribution in [-0.2, 0) is 11.2 Å². The third kappa shape index (κ3) is 6.36. The summed E-state index contributed by atoms with van der Waals surface area (Å²) in [6.45, 7) is 6.39. The number of hydrogen-bond acceptors (Lipinski definition) is 5. The van der Waals surface area contributed by atoms with E-state index in [0.29, 0.717) is 16.9 Å². The zero-order valence-electron chi connectivity index (χ0n) is 20.4. The lowest BCUT2D eigenvalue weighted by atomic mass is 10.0. The van der Waals surface area contributed by atoms with Crippen LogP contribution >= 0.6 is 11.8 Å². The number of amides is 1. The van der Waals surface area contributed by atoms with Crippen LogP contribution in [0.25, 0.3) is 17.1 Å². The maximum absolute atomic E-state index is 12.7. The van der Waals surface area contributed by atoms with E-state index >= 15 is 0 Å². The zero-order valence-corrected chi connectivity index (χ0v) is 21.2. The number of nitrogens with one attached hydrogen (secondary N) is 1. The van der Waals surface area contributed by atoms with Gasteiger partial charge in [-0.15, -0.1) is 10.2 Å². The standard InChI is InChI=1S/C28H31N5OS/c1-20(2)24-13-7-8-14-25(24)33-27(23-12-9-17-29-18-23)31-32-28(33)35-19-26(34)30-21(3)15-16-22-10-5-4-6-11-22/h4-14,17-18,20-21H,15-16,19H2,1-3H3,(H,30,34). The molecule has 0 spiro atoms. The van der Waals surface area contributed by atoms with Gasteiger partial charge in [-0.2, -0.15) is 0 Å². The number of nitrogens with zero attached hydrogens (tertiary/aromatic N) is 4. The predicted octanol–water partition coefficient (Wildman–Crippen LogP) is 5.68. The van der Waals surface area contributed by atoms with Gasteiger partial charge in [-0.1, -0.05) is 74.1 Å². The largest absolute Gasteiger partial charge is 0.353 e. The first-order chi connectivity index (χ1) is 17.0. The Balaban J connectivity index is 1.50. The molecule has 0 saturated carbocycles. The van der Waals surface area contributed by atoms with Crippen LogP contribution in [0.15, 0.2) is 84.3 Å². The molecular weight excluding hydrogens is 454 g/mol. The van der Waals surface area contributed by atoms with E-state index in [4.69, 9.17) is 0 Å². The molecule has 180 valence electrons. The van der Waals surface area contributed by atoms with Gasteiger partial charge in [0, 0.05) is 24.0 Å². The number of carbonyl (C=O) groups excluding carboxylic acids is 1. The molecule has 0 saturated heterocycles. The molecule has 0 radical (unpaired) electrons. The van der Waals surface area contributed by atoms with E-state index in [-0.39, 0.29) is 17.7 Å². The van der Waals surface area contributed by atoms with Gasteiger partial charge >= 0.3 is 0 Å². The summed E-state index contributed by atoms with van der Waals surface area (Å²) < 4.78 is 2.04. The average Bonchev–Trinajstić information content (AvgIpc) is 3.31. The lowest BCUT2D eigenvalue weighted by Crippen LogP contribution is -2.34. The molecule has 0 aliphatic carbocycles. The third-order valence-corrected chi connectivity index (χ3v) is 6.73. The van der Waals surface area contributed by atoms with E-state index in [9.17, 15) is 4.79 Å². The minimum atomic E-state index is -0.00909. The van der Waals surface area contributed by atoms with Gasteiger partial charge in [0.2, 0.25) is 5.91 Å². The number of pyridine rings is 1. The maximum atomic E-state index is 12.7. The first-order valence-corrected chi connectivity index (χ1v) is 12.9. The monoisotopic (exact) mass is 485 g/mol. The van der Waals surface area contributed by atoms with Crippen molar-refractivity contribution < 1.29 is 4.79 Å². The maximum Gasteiger partial charge on any atom is 0.230 e. The topological polar surface area (TPSA) is 72.7 Å². The molecule has 0 bridgehead atoms. The highest BCUT2D eigenvalue weighted by Crippen LogP contribution is 2.31. The van der Waals surface area contributed by atoms with Crippen molar-refractivity contribution in [2.75, 3.05) is 5.75 Å². The summed E-state index contributed by atoms with van der Waals surface area (Å²) in [5.74, 6) is 1.29. The summed E-state index contributed by atoms with van der Waals surface area (Å²) in [5.41, 5.74) is 4.37. The number of carbonyl (C=O) groups is 1. The number of para-hydroxylation sites is 1.